The van der Waals surface area contributed by atoms with Crippen LogP contribution in [0.2, 0.25) is 5.02 Å². The van der Waals surface area contributed by atoms with E-state index in [4.69, 9.17) is 21.9 Å². The van der Waals surface area contributed by atoms with Gasteiger partial charge in [0.25, 0.3) is 0 Å². The molecule has 0 fully saturated rings. The van der Waals surface area contributed by atoms with Crippen molar-refractivity contribution in [1.82, 2.24) is 0 Å². The molecule has 6 nitrogen and oxygen atoms in total. The Bertz CT molecular complexity index is 474. The number of esters is 1. The zero-order valence-electron chi connectivity index (χ0n) is 9.65. The number of hydrogen-bond donors (Lipinski definition) is 1. The molecule has 0 aliphatic carbocycles. The largest absolute Gasteiger partial charge is 0.466 e. The van der Waals surface area contributed by atoms with Crippen LogP contribution >= 0.6 is 11.6 Å². The predicted molar refractivity (Wildman–Crippen MR) is 66.0 cm³/mol. The normalized spacial score (nSPS) is 13.3. The quantitative estimate of drug-likeness (QED) is 0.385. The van der Waals surface area contributed by atoms with E-state index in [-0.39, 0.29) is 11.6 Å². The van der Waals surface area contributed by atoms with Crippen molar-refractivity contribution in [1.29, 1.82) is 0 Å². The molecule has 0 heterocycles. The zero-order valence-corrected chi connectivity index (χ0v) is 10.4. The lowest BCUT2D eigenvalue weighted by molar-refractivity contribution is -0.147. The Balaban J connectivity index is 3.03. The van der Waals surface area contributed by atoms with Crippen LogP contribution in [0.1, 0.15) is 18.6 Å². The van der Waals surface area contributed by atoms with Crippen molar-refractivity contribution in [3.05, 3.63) is 45.3 Å². The van der Waals surface area contributed by atoms with Crippen LogP contribution in [0.5, 0.6) is 0 Å². The molecule has 0 saturated carbocycles. The maximum absolute atomic E-state index is 11.6. The number of carbonyl (C=O) groups is 1. The Morgan fingerprint density at radius 2 is 2.28 bits per heavy atom. The first-order valence-corrected chi connectivity index (χ1v) is 5.63. The van der Waals surface area contributed by atoms with Gasteiger partial charge in [0.05, 0.1) is 12.7 Å². The van der Waals surface area contributed by atoms with Crippen molar-refractivity contribution >= 4 is 17.6 Å². The monoisotopic (exact) mass is 269 g/mol. The Hall–Kier alpha value is -1.75. The van der Waals surface area contributed by atoms with Crippen LogP contribution < -0.4 is 0 Å². The molecule has 0 aliphatic rings. The van der Waals surface area contributed by atoms with Gasteiger partial charge in [0.1, 0.15) is 0 Å². The Kier molecular flexibility index (Phi) is 5.45. The highest BCUT2D eigenvalue weighted by Crippen LogP contribution is 2.27. The molecule has 2 atom stereocenters. The van der Waals surface area contributed by atoms with E-state index in [9.17, 15) is 9.90 Å². The molecule has 0 spiro atoms. The van der Waals surface area contributed by atoms with Crippen LogP contribution in [-0.2, 0) is 9.53 Å². The Labute approximate surface area is 109 Å². The average molecular weight is 270 g/mol. The standard InChI is InChI=1S/C11H12ClN3O3/c1-2-18-11(17)9(14-15-13)10(16)7-5-3-4-6-8(7)12/h3-6,9-10,16H,2H2,1H3. The molecule has 18 heavy (non-hydrogen) atoms. The van der Waals surface area contributed by atoms with E-state index in [0.29, 0.717) is 5.56 Å². The van der Waals surface area contributed by atoms with E-state index in [1.165, 1.54) is 0 Å². The topological polar surface area (TPSA) is 95.3 Å². The Morgan fingerprint density at radius 1 is 1.61 bits per heavy atom. The number of aliphatic hydroxyl groups is 1. The number of halogens is 1. The number of aliphatic hydroxyl groups excluding tert-OH is 1. The molecule has 1 N–H and O–H groups in total. The fraction of sp³-hybridized carbons (Fsp3) is 0.364. The summed E-state index contributed by atoms with van der Waals surface area (Å²) in [6.45, 7) is 1.75. The number of hydrogen-bond acceptors (Lipinski definition) is 4. The second-order valence-corrected chi connectivity index (χ2v) is 3.78. The van der Waals surface area contributed by atoms with Crippen LogP contribution in [0.4, 0.5) is 0 Å². The van der Waals surface area contributed by atoms with Gasteiger partial charge in [0, 0.05) is 15.5 Å². The van der Waals surface area contributed by atoms with Crippen molar-refractivity contribution in [2.24, 2.45) is 5.11 Å². The summed E-state index contributed by atoms with van der Waals surface area (Å²) in [6.07, 6.45) is -1.34. The van der Waals surface area contributed by atoms with Crippen LogP contribution in [-0.4, -0.2) is 23.7 Å². The molecule has 2 unspecified atom stereocenters. The van der Waals surface area contributed by atoms with Crippen molar-refractivity contribution < 1.29 is 14.6 Å². The molecular formula is C11H12ClN3O3. The van der Waals surface area contributed by atoms with Gasteiger partial charge in [-0.15, -0.1) is 0 Å². The van der Waals surface area contributed by atoms with Gasteiger partial charge in [-0.05, 0) is 18.5 Å². The van der Waals surface area contributed by atoms with E-state index in [2.05, 4.69) is 10.0 Å². The zero-order chi connectivity index (χ0) is 13.5. The summed E-state index contributed by atoms with van der Waals surface area (Å²) < 4.78 is 4.73. The van der Waals surface area contributed by atoms with E-state index >= 15 is 0 Å². The van der Waals surface area contributed by atoms with Gasteiger partial charge < -0.3 is 9.84 Å². The summed E-state index contributed by atoms with van der Waals surface area (Å²) >= 11 is 5.90. The maximum Gasteiger partial charge on any atom is 0.317 e. The molecule has 1 aromatic rings. The second kappa shape index (κ2) is 6.86. The minimum atomic E-state index is -1.35. The smallest absolute Gasteiger partial charge is 0.317 e. The lowest BCUT2D eigenvalue weighted by Gasteiger charge is -2.18. The summed E-state index contributed by atoms with van der Waals surface area (Å²) in [5.74, 6) is -0.789. The van der Waals surface area contributed by atoms with Gasteiger partial charge >= 0.3 is 5.97 Å². The number of rotatable bonds is 5. The van der Waals surface area contributed by atoms with E-state index in [1.54, 1.807) is 31.2 Å². The summed E-state index contributed by atoms with van der Waals surface area (Å²) in [5.41, 5.74) is 8.74. The third kappa shape index (κ3) is 3.37. The van der Waals surface area contributed by atoms with Gasteiger partial charge in [0.15, 0.2) is 6.04 Å². The van der Waals surface area contributed by atoms with Crippen molar-refractivity contribution in [3.8, 4) is 0 Å². The molecule has 0 bridgehead atoms. The van der Waals surface area contributed by atoms with Gasteiger partial charge in [-0.1, -0.05) is 34.9 Å². The predicted octanol–water partition coefficient (Wildman–Crippen LogP) is 2.62. The summed E-state index contributed by atoms with van der Waals surface area (Å²) in [4.78, 5) is 14.1. The van der Waals surface area contributed by atoms with E-state index < -0.39 is 18.1 Å². The van der Waals surface area contributed by atoms with Crippen molar-refractivity contribution in [3.63, 3.8) is 0 Å². The first-order chi connectivity index (χ1) is 8.61. The lowest BCUT2D eigenvalue weighted by atomic mass is 10.0. The molecule has 0 amide bonds. The molecule has 1 aromatic carbocycles. The third-order valence-electron chi connectivity index (χ3n) is 2.23. The molecule has 1 rings (SSSR count). The van der Waals surface area contributed by atoms with Crippen LogP contribution in [0.25, 0.3) is 10.4 Å². The minimum absolute atomic E-state index is 0.130. The summed E-state index contributed by atoms with van der Waals surface area (Å²) in [5, 5.41) is 13.6. The van der Waals surface area contributed by atoms with Gasteiger partial charge in [-0.2, -0.15) is 0 Å². The SMILES string of the molecule is CCOC(=O)C(N=[N+]=[N-])C(O)c1ccccc1Cl. The lowest BCUT2D eigenvalue weighted by Crippen LogP contribution is -2.28. The number of benzene rings is 1. The fourth-order valence-electron chi connectivity index (χ4n) is 1.41. The molecule has 0 aromatic heterocycles. The van der Waals surface area contributed by atoms with E-state index in [1.807, 2.05) is 0 Å². The Morgan fingerprint density at radius 3 is 2.83 bits per heavy atom. The second-order valence-electron chi connectivity index (χ2n) is 3.37. The minimum Gasteiger partial charge on any atom is -0.466 e. The van der Waals surface area contributed by atoms with Gasteiger partial charge in [-0.25, -0.2) is 0 Å². The number of nitrogens with zero attached hydrogens (tertiary/aromatic N) is 3. The highest BCUT2D eigenvalue weighted by Gasteiger charge is 2.29. The van der Waals surface area contributed by atoms with Crippen molar-refractivity contribution in [2.45, 2.75) is 19.1 Å². The van der Waals surface area contributed by atoms with Gasteiger partial charge in [-0.3, -0.25) is 4.79 Å². The molecule has 0 radical (unpaired) electrons. The third-order valence-corrected chi connectivity index (χ3v) is 2.57. The first kappa shape index (κ1) is 14.3. The number of azide groups is 1. The first-order valence-electron chi connectivity index (χ1n) is 5.25. The van der Waals surface area contributed by atoms with Crippen LogP contribution in [0.15, 0.2) is 29.4 Å². The summed E-state index contributed by atoms with van der Waals surface area (Å²) in [6, 6.07) is 5.11. The van der Waals surface area contributed by atoms with Crippen LogP contribution in [0, 0.1) is 0 Å². The fourth-order valence-corrected chi connectivity index (χ4v) is 1.66. The number of ether oxygens (including phenoxy) is 1. The molecular weight excluding hydrogens is 258 g/mol. The average Bonchev–Trinajstić information content (AvgIpc) is 2.36. The molecule has 0 saturated heterocycles. The van der Waals surface area contributed by atoms with E-state index in [0.717, 1.165) is 0 Å². The van der Waals surface area contributed by atoms with Crippen molar-refractivity contribution in [2.75, 3.05) is 6.61 Å². The molecule has 0 aliphatic heterocycles. The highest BCUT2D eigenvalue weighted by atomic mass is 35.5. The maximum atomic E-state index is 11.6. The van der Waals surface area contributed by atoms with Gasteiger partial charge in [0.2, 0.25) is 0 Å². The van der Waals surface area contributed by atoms with Crippen LogP contribution in [0.3, 0.4) is 0 Å². The highest BCUT2D eigenvalue weighted by molar-refractivity contribution is 6.31. The molecule has 96 valence electrons. The summed E-state index contributed by atoms with van der Waals surface area (Å²) in [7, 11) is 0. The number of carbonyl (C=O) groups excluding carboxylic acids is 1. The molecule has 7 heteroatoms.